The first-order valence-electron chi connectivity index (χ1n) is 7.57. The van der Waals surface area contributed by atoms with E-state index in [1.807, 2.05) is 12.1 Å². The van der Waals surface area contributed by atoms with Crippen LogP contribution in [0.3, 0.4) is 0 Å². The summed E-state index contributed by atoms with van der Waals surface area (Å²) in [5.41, 5.74) is -0.494. The third kappa shape index (κ3) is 2.54. The molecule has 1 amide bonds. The van der Waals surface area contributed by atoms with Crippen LogP contribution >= 0.6 is 0 Å². The SMILES string of the molecule is CC(=O)C[C@]1(O)C(=O)N(C[NH+]2CCOCC2)c2ccccc21. The molecule has 1 fully saturated rings. The van der Waals surface area contributed by atoms with Crippen LogP contribution < -0.4 is 9.80 Å². The molecule has 6 nitrogen and oxygen atoms in total. The first-order valence-corrected chi connectivity index (χ1v) is 7.57. The largest absolute Gasteiger partial charge is 0.375 e. The number of amides is 1. The molecule has 0 saturated carbocycles. The van der Waals surface area contributed by atoms with Gasteiger partial charge in [-0.1, -0.05) is 18.2 Å². The van der Waals surface area contributed by atoms with Crippen LogP contribution in [0.2, 0.25) is 0 Å². The predicted octanol–water partition coefficient (Wildman–Crippen LogP) is -0.927. The average Bonchev–Trinajstić information content (AvgIpc) is 2.70. The zero-order valence-electron chi connectivity index (χ0n) is 12.7. The number of anilines is 1. The lowest BCUT2D eigenvalue weighted by Crippen LogP contribution is -3.15. The van der Waals surface area contributed by atoms with E-state index in [1.165, 1.54) is 11.8 Å². The average molecular weight is 305 g/mol. The molecular weight excluding hydrogens is 284 g/mol. The number of morpholine rings is 1. The van der Waals surface area contributed by atoms with Crippen molar-refractivity contribution in [2.45, 2.75) is 18.9 Å². The number of aliphatic hydroxyl groups is 1. The van der Waals surface area contributed by atoms with Gasteiger partial charge in [0.25, 0.3) is 5.91 Å². The molecule has 22 heavy (non-hydrogen) atoms. The smallest absolute Gasteiger partial charge is 0.268 e. The summed E-state index contributed by atoms with van der Waals surface area (Å²) in [5, 5.41) is 10.8. The molecule has 6 heteroatoms. The Kier molecular flexibility index (Phi) is 3.99. The van der Waals surface area contributed by atoms with Gasteiger partial charge >= 0.3 is 0 Å². The van der Waals surface area contributed by atoms with Crippen LogP contribution in [-0.2, 0) is 19.9 Å². The number of hydrogen-bond donors (Lipinski definition) is 2. The molecule has 0 radical (unpaired) electrons. The van der Waals surface area contributed by atoms with E-state index in [-0.39, 0.29) is 12.2 Å². The topological polar surface area (TPSA) is 71.3 Å². The molecular formula is C16H21N2O4+. The van der Waals surface area contributed by atoms with Gasteiger partial charge in [-0.3, -0.25) is 14.5 Å². The Morgan fingerprint density at radius 1 is 1.36 bits per heavy atom. The molecule has 1 saturated heterocycles. The summed E-state index contributed by atoms with van der Waals surface area (Å²) >= 11 is 0. The maximum absolute atomic E-state index is 12.8. The highest BCUT2D eigenvalue weighted by molar-refractivity contribution is 6.08. The molecule has 3 rings (SSSR count). The first kappa shape index (κ1) is 15.1. The highest BCUT2D eigenvalue weighted by Crippen LogP contribution is 2.41. The molecule has 0 unspecified atom stereocenters. The number of benzene rings is 1. The van der Waals surface area contributed by atoms with Crippen LogP contribution in [0.4, 0.5) is 5.69 Å². The monoisotopic (exact) mass is 305 g/mol. The summed E-state index contributed by atoms with van der Waals surface area (Å²) in [5.74, 6) is -0.603. The summed E-state index contributed by atoms with van der Waals surface area (Å²) in [6.07, 6.45) is -0.183. The number of carbonyl (C=O) groups is 2. The standard InChI is InChI=1S/C16H20N2O4/c1-12(19)10-16(21)13-4-2-3-5-14(13)18(15(16)20)11-17-6-8-22-9-7-17/h2-5,21H,6-11H2,1H3/p+1/t16-/m1/s1. The van der Waals surface area contributed by atoms with Crippen molar-refractivity contribution >= 4 is 17.4 Å². The van der Waals surface area contributed by atoms with Crippen molar-refractivity contribution in [3.05, 3.63) is 29.8 Å². The Balaban J connectivity index is 1.91. The molecule has 0 bridgehead atoms. The van der Waals surface area contributed by atoms with E-state index < -0.39 is 11.5 Å². The normalized spacial score (nSPS) is 25.4. The third-order valence-corrected chi connectivity index (χ3v) is 4.33. The molecule has 0 aromatic heterocycles. The number of ketones is 1. The molecule has 1 aromatic rings. The van der Waals surface area contributed by atoms with Crippen molar-refractivity contribution in [3.63, 3.8) is 0 Å². The minimum atomic E-state index is -1.73. The minimum absolute atomic E-state index is 0.183. The predicted molar refractivity (Wildman–Crippen MR) is 79.5 cm³/mol. The fourth-order valence-electron chi connectivity index (χ4n) is 3.24. The lowest BCUT2D eigenvalue weighted by atomic mass is 9.90. The number of carbonyl (C=O) groups excluding carboxylic acids is 2. The second kappa shape index (κ2) is 5.79. The summed E-state index contributed by atoms with van der Waals surface area (Å²) in [6.45, 7) is 4.89. The Morgan fingerprint density at radius 2 is 2.05 bits per heavy atom. The van der Waals surface area contributed by atoms with E-state index in [1.54, 1.807) is 17.0 Å². The van der Waals surface area contributed by atoms with Crippen molar-refractivity contribution in [3.8, 4) is 0 Å². The van der Waals surface area contributed by atoms with Crippen molar-refractivity contribution in [2.75, 3.05) is 37.9 Å². The summed E-state index contributed by atoms with van der Waals surface area (Å²) in [6, 6.07) is 7.17. The molecule has 2 aliphatic heterocycles. The third-order valence-electron chi connectivity index (χ3n) is 4.33. The van der Waals surface area contributed by atoms with Gasteiger partial charge in [-0.2, -0.15) is 0 Å². The number of Topliss-reactive ketones (excluding diaryl/α,β-unsaturated/α-hetero) is 1. The number of quaternary nitrogens is 1. The van der Waals surface area contributed by atoms with Crippen LogP contribution in [0.25, 0.3) is 0 Å². The zero-order chi connectivity index (χ0) is 15.7. The van der Waals surface area contributed by atoms with Crippen molar-refractivity contribution < 1.29 is 24.3 Å². The first-order chi connectivity index (χ1) is 10.5. The molecule has 2 heterocycles. The Morgan fingerprint density at radius 3 is 2.73 bits per heavy atom. The van der Waals surface area contributed by atoms with Gasteiger partial charge in [0, 0.05) is 12.0 Å². The number of nitrogens with one attached hydrogen (secondary N) is 1. The van der Waals surface area contributed by atoms with Gasteiger partial charge < -0.3 is 14.7 Å². The number of fused-ring (bicyclic) bond motifs is 1. The fourth-order valence-corrected chi connectivity index (χ4v) is 3.24. The molecule has 1 aromatic carbocycles. The van der Waals surface area contributed by atoms with E-state index in [0.29, 0.717) is 31.1 Å². The molecule has 0 spiro atoms. The number of hydrogen-bond acceptors (Lipinski definition) is 4. The minimum Gasteiger partial charge on any atom is -0.375 e. The Hall–Kier alpha value is -1.76. The lowest BCUT2D eigenvalue weighted by Gasteiger charge is -2.29. The quantitative estimate of drug-likeness (QED) is 0.754. The number of nitrogens with zero attached hydrogens (tertiary/aromatic N) is 1. The van der Waals surface area contributed by atoms with E-state index >= 15 is 0 Å². The van der Waals surface area contributed by atoms with Crippen LogP contribution in [0.5, 0.6) is 0 Å². The molecule has 1 atom stereocenters. The van der Waals surface area contributed by atoms with E-state index in [9.17, 15) is 14.7 Å². The van der Waals surface area contributed by atoms with Crippen molar-refractivity contribution in [1.82, 2.24) is 0 Å². The highest BCUT2D eigenvalue weighted by atomic mass is 16.5. The number of para-hydroxylation sites is 1. The van der Waals surface area contributed by atoms with Crippen molar-refractivity contribution in [1.29, 1.82) is 0 Å². The molecule has 118 valence electrons. The van der Waals surface area contributed by atoms with Gasteiger partial charge in [0.05, 0.1) is 18.9 Å². The molecule has 2 N–H and O–H groups in total. The number of ether oxygens (including phenoxy) is 1. The Labute approximate surface area is 129 Å². The molecule has 0 aliphatic carbocycles. The van der Waals surface area contributed by atoms with E-state index in [0.717, 1.165) is 13.1 Å². The number of rotatable bonds is 4. The van der Waals surface area contributed by atoms with Gasteiger partial charge in [0.2, 0.25) is 0 Å². The Bertz CT molecular complexity index is 598. The summed E-state index contributed by atoms with van der Waals surface area (Å²) < 4.78 is 5.34. The molecule has 2 aliphatic rings. The fraction of sp³-hybridized carbons (Fsp3) is 0.500. The second-order valence-electron chi connectivity index (χ2n) is 6.01. The highest BCUT2D eigenvalue weighted by Gasteiger charge is 2.51. The van der Waals surface area contributed by atoms with Gasteiger partial charge in [-0.15, -0.1) is 0 Å². The van der Waals surface area contributed by atoms with Crippen molar-refractivity contribution in [2.24, 2.45) is 0 Å². The van der Waals surface area contributed by atoms with E-state index in [4.69, 9.17) is 4.74 Å². The summed E-state index contributed by atoms with van der Waals surface area (Å²) in [4.78, 5) is 27.1. The van der Waals surface area contributed by atoms with Gasteiger partial charge in [-0.05, 0) is 13.0 Å². The van der Waals surface area contributed by atoms with Gasteiger partial charge in [-0.25, -0.2) is 0 Å². The van der Waals surface area contributed by atoms with Gasteiger partial charge in [0.1, 0.15) is 18.9 Å². The lowest BCUT2D eigenvalue weighted by molar-refractivity contribution is -0.906. The maximum atomic E-state index is 12.8. The zero-order valence-corrected chi connectivity index (χ0v) is 12.7. The maximum Gasteiger partial charge on any atom is 0.268 e. The second-order valence-corrected chi connectivity index (χ2v) is 6.01. The van der Waals surface area contributed by atoms with Crippen LogP contribution in [0.15, 0.2) is 24.3 Å². The van der Waals surface area contributed by atoms with Gasteiger partial charge in [0.15, 0.2) is 12.3 Å². The van der Waals surface area contributed by atoms with Crippen LogP contribution in [0, 0.1) is 0 Å². The van der Waals surface area contributed by atoms with Crippen LogP contribution in [0.1, 0.15) is 18.9 Å². The summed E-state index contributed by atoms with van der Waals surface area (Å²) in [7, 11) is 0. The van der Waals surface area contributed by atoms with Crippen LogP contribution in [-0.4, -0.2) is 49.8 Å². The van der Waals surface area contributed by atoms with E-state index in [2.05, 4.69) is 0 Å².